The van der Waals surface area contributed by atoms with Crippen molar-refractivity contribution in [2.24, 2.45) is 5.92 Å². The molecular formula is C30H32ClF4N5O2. The highest BCUT2D eigenvalue weighted by Gasteiger charge is 2.42. The number of aromatic carboxylic acids is 1. The second-order valence-corrected chi connectivity index (χ2v) is 11.8. The zero-order valence-electron chi connectivity index (χ0n) is 22.9. The molecule has 3 heterocycles. The number of alkyl halides is 4. The normalized spacial score (nSPS) is 23.3. The van der Waals surface area contributed by atoms with Gasteiger partial charge in [-0.3, -0.25) is 9.58 Å². The number of halogens is 5. The van der Waals surface area contributed by atoms with Gasteiger partial charge < -0.3 is 14.9 Å². The maximum atomic E-state index is 13.9. The maximum Gasteiger partial charge on any atom is 0.433 e. The standard InChI is InChI=1S/C30H32ClF4N5O2/c31-21-5-8-24(19-3-6-22(7-4-19)38-12-10-37(11-13-38)17-20-14-26(20)32)27(15-21)39-9-1-2-23(18-39)40-28(30(33,34)35)25(16-36-40)29(41)42/h3-8,15-16,20,23,26H,1-2,9-14,17-18H2,(H,41,42)/t20-,23?,26-/m0/s1. The van der Waals surface area contributed by atoms with Crippen LogP contribution in [0, 0.1) is 5.92 Å². The number of piperidine rings is 1. The third kappa shape index (κ3) is 5.94. The largest absolute Gasteiger partial charge is 0.478 e. The molecule has 2 aromatic carbocycles. The first-order valence-corrected chi connectivity index (χ1v) is 14.6. The van der Waals surface area contributed by atoms with Crippen LogP contribution in [0.2, 0.25) is 5.02 Å². The van der Waals surface area contributed by atoms with Crippen LogP contribution >= 0.6 is 11.6 Å². The van der Waals surface area contributed by atoms with E-state index in [4.69, 9.17) is 11.6 Å². The molecule has 3 aliphatic rings. The van der Waals surface area contributed by atoms with E-state index in [0.29, 0.717) is 30.8 Å². The van der Waals surface area contributed by atoms with E-state index in [0.717, 1.165) is 66.1 Å². The topological polar surface area (TPSA) is 64.8 Å². The summed E-state index contributed by atoms with van der Waals surface area (Å²) in [6.45, 7) is 5.24. The van der Waals surface area contributed by atoms with Gasteiger partial charge in [0, 0.05) is 73.7 Å². The Balaban J connectivity index is 1.20. The van der Waals surface area contributed by atoms with E-state index in [-0.39, 0.29) is 12.5 Å². The summed E-state index contributed by atoms with van der Waals surface area (Å²) in [6, 6.07) is 13.1. The van der Waals surface area contributed by atoms with Crippen LogP contribution < -0.4 is 9.80 Å². The van der Waals surface area contributed by atoms with Crippen LogP contribution in [0.25, 0.3) is 11.1 Å². The van der Waals surface area contributed by atoms with Crippen molar-refractivity contribution in [3.8, 4) is 11.1 Å². The molecule has 7 nitrogen and oxygen atoms in total. The van der Waals surface area contributed by atoms with Gasteiger partial charge in [0.1, 0.15) is 11.7 Å². The van der Waals surface area contributed by atoms with Gasteiger partial charge in [-0.2, -0.15) is 18.3 Å². The van der Waals surface area contributed by atoms with Crippen molar-refractivity contribution in [1.82, 2.24) is 14.7 Å². The average molecular weight is 606 g/mol. The molecule has 0 spiro atoms. The number of carbonyl (C=O) groups is 1. The van der Waals surface area contributed by atoms with Crippen molar-refractivity contribution >= 4 is 28.9 Å². The number of rotatable bonds is 7. The average Bonchev–Trinajstić information content (AvgIpc) is 3.46. The highest BCUT2D eigenvalue weighted by atomic mass is 35.5. The molecular weight excluding hydrogens is 574 g/mol. The second kappa shape index (κ2) is 11.4. The van der Waals surface area contributed by atoms with Crippen molar-refractivity contribution in [3.63, 3.8) is 0 Å². The number of aromatic nitrogens is 2. The third-order valence-corrected chi connectivity index (χ3v) is 8.82. The molecule has 3 fully saturated rings. The SMILES string of the molecule is O=C(O)c1cnn(C2CCCN(c3cc(Cl)ccc3-c3ccc(N4CCN(C[C@@H]5C[C@@H]5F)CC4)cc3)C2)c1C(F)(F)F. The minimum absolute atomic E-state index is 0.202. The fourth-order valence-electron chi connectivity index (χ4n) is 6.23. The van der Waals surface area contributed by atoms with Crippen LogP contribution in [-0.4, -0.2) is 77.7 Å². The molecule has 2 aliphatic heterocycles. The summed E-state index contributed by atoms with van der Waals surface area (Å²) in [5.41, 5.74) is 1.69. The van der Waals surface area contributed by atoms with Crippen molar-refractivity contribution in [3.05, 3.63) is 64.9 Å². The molecule has 0 amide bonds. The third-order valence-electron chi connectivity index (χ3n) is 8.58. The van der Waals surface area contributed by atoms with E-state index >= 15 is 0 Å². The van der Waals surface area contributed by atoms with E-state index < -0.39 is 35.6 Å². The van der Waals surface area contributed by atoms with E-state index in [1.54, 1.807) is 6.07 Å². The predicted molar refractivity (Wildman–Crippen MR) is 153 cm³/mol. The van der Waals surface area contributed by atoms with Crippen LogP contribution in [0.15, 0.2) is 48.7 Å². The molecule has 0 radical (unpaired) electrons. The number of carboxylic acids is 1. The highest BCUT2D eigenvalue weighted by Crippen LogP contribution is 2.40. The number of hydrogen-bond donors (Lipinski definition) is 1. The van der Waals surface area contributed by atoms with Crippen molar-refractivity contribution in [2.75, 3.05) is 55.6 Å². The molecule has 12 heteroatoms. The summed E-state index contributed by atoms with van der Waals surface area (Å²) < 4.78 is 55.8. The molecule has 224 valence electrons. The van der Waals surface area contributed by atoms with Gasteiger partial charge in [0.2, 0.25) is 0 Å². The van der Waals surface area contributed by atoms with Crippen LogP contribution in [-0.2, 0) is 6.18 Å². The Kier molecular flexibility index (Phi) is 7.82. The minimum atomic E-state index is -4.85. The van der Waals surface area contributed by atoms with E-state index in [2.05, 4.69) is 27.0 Å². The number of carboxylic acid groups (broad SMARTS) is 1. The molecule has 1 unspecified atom stereocenters. The first-order chi connectivity index (χ1) is 20.1. The Morgan fingerprint density at radius 3 is 2.38 bits per heavy atom. The van der Waals surface area contributed by atoms with Crippen molar-refractivity contribution < 1.29 is 27.5 Å². The summed E-state index contributed by atoms with van der Waals surface area (Å²) in [5.74, 6) is -1.45. The minimum Gasteiger partial charge on any atom is -0.478 e. The molecule has 1 aliphatic carbocycles. The number of nitrogens with zero attached hydrogens (tertiary/aromatic N) is 5. The lowest BCUT2D eigenvalue weighted by atomic mass is 9.99. The molecule has 1 aromatic heterocycles. The van der Waals surface area contributed by atoms with Crippen LogP contribution in [0.3, 0.4) is 0 Å². The fraction of sp³-hybridized carbons (Fsp3) is 0.467. The zero-order chi connectivity index (χ0) is 29.6. The second-order valence-electron chi connectivity index (χ2n) is 11.4. The van der Waals surface area contributed by atoms with Gasteiger partial charge in [0.05, 0.1) is 12.2 Å². The van der Waals surface area contributed by atoms with Gasteiger partial charge in [-0.15, -0.1) is 0 Å². The van der Waals surface area contributed by atoms with E-state index in [1.807, 2.05) is 29.2 Å². The molecule has 3 atom stereocenters. The molecule has 1 saturated carbocycles. The quantitative estimate of drug-likeness (QED) is 0.322. The predicted octanol–water partition coefficient (Wildman–Crippen LogP) is 6.24. The number of anilines is 2. The number of hydrogen-bond acceptors (Lipinski definition) is 5. The lowest BCUT2D eigenvalue weighted by Crippen LogP contribution is -2.47. The number of benzene rings is 2. The fourth-order valence-corrected chi connectivity index (χ4v) is 6.40. The van der Waals surface area contributed by atoms with E-state index in [9.17, 15) is 27.5 Å². The van der Waals surface area contributed by atoms with Gasteiger partial charge >= 0.3 is 12.1 Å². The molecule has 42 heavy (non-hydrogen) atoms. The van der Waals surface area contributed by atoms with Crippen molar-refractivity contribution in [1.29, 1.82) is 0 Å². The van der Waals surface area contributed by atoms with Gasteiger partial charge in [0.15, 0.2) is 5.69 Å². The van der Waals surface area contributed by atoms with Gasteiger partial charge in [-0.25, -0.2) is 9.18 Å². The first-order valence-electron chi connectivity index (χ1n) is 14.2. The van der Waals surface area contributed by atoms with Crippen LogP contribution in [0.4, 0.5) is 28.9 Å². The Morgan fingerprint density at radius 2 is 1.74 bits per heavy atom. The smallest absolute Gasteiger partial charge is 0.433 e. The Morgan fingerprint density at radius 1 is 1.02 bits per heavy atom. The summed E-state index contributed by atoms with van der Waals surface area (Å²) >= 11 is 6.39. The molecule has 2 saturated heterocycles. The van der Waals surface area contributed by atoms with Gasteiger partial charge in [-0.1, -0.05) is 29.8 Å². The summed E-state index contributed by atoms with van der Waals surface area (Å²) in [6.07, 6.45) is -2.96. The van der Waals surface area contributed by atoms with Crippen LogP contribution in [0.5, 0.6) is 0 Å². The van der Waals surface area contributed by atoms with Crippen LogP contribution in [0.1, 0.15) is 41.4 Å². The van der Waals surface area contributed by atoms with E-state index in [1.165, 1.54) is 0 Å². The molecule has 1 N–H and O–H groups in total. The molecule has 3 aromatic rings. The lowest BCUT2D eigenvalue weighted by molar-refractivity contribution is -0.145. The highest BCUT2D eigenvalue weighted by molar-refractivity contribution is 6.31. The van der Waals surface area contributed by atoms with Crippen molar-refractivity contribution in [2.45, 2.75) is 37.7 Å². The summed E-state index contributed by atoms with van der Waals surface area (Å²) in [5, 5.41) is 13.7. The first kappa shape index (κ1) is 28.8. The monoisotopic (exact) mass is 605 g/mol. The Labute approximate surface area is 246 Å². The van der Waals surface area contributed by atoms with Gasteiger partial charge in [-0.05, 0) is 49.1 Å². The van der Waals surface area contributed by atoms with Gasteiger partial charge in [0.25, 0.3) is 0 Å². The number of piperazine rings is 1. The molecule has 0 bridgehead atoms. The maximum absolute atomic E-state index is 13.9. The summed E-state index contributed by atoms with van der Waals surface area (Å²) in [7, 11) is 0. The Bertz CT molecular complexity index is 1440. The summed E-state index contributed by atoms with van der Waals surface area (Å²) in [4.78, 5) is 18.2. The lowest BCUT2D eigenvalue weighted by Gasteiger charge is -2.37. The Hall–Kier alpha value is -3.31. The molecule has 6 rings (SSSR count). The zero-order valence-corrected chi connectivity index (χ0v) is 23.7.